The molecule has 1 unspecified atom stereocenters. The Hall–Kier alpha value is -3.48. The number of amides is 2. The van der Waals surface area contributed by atoms with Gasteiger partial charge in [-0.1, -0.05) is 42.5 Å². The fraction of sp³-hybridized carbons (Fsp3) is 0.333. The van der Waals surface area contributed by atoms with Gasteiger partial charge < -0.3 is 14.8 Å². The van der Waals surface area contributed by atoms with Gasteiger partial charge in [0.25, 0.3) is 5.56 Å². The maximum absolute atomic E-state index is 13.7. The zero-order valence-electron chi connectivity index (χ0n) is 17.6. The van der Waals surface area contributed by atoms with E-state index < -0.39 is 6.04 Å². The minimum absolute atomic E-state index is 0.00161. The molecule has 0 aliphatic carbocycles. The molecule has 0 saturated carbocycles. The molecule has 2 amide bonds. The van der Waals surface area contributed by atoms with Crippen LogP contribution >= 0.6 is 0 Å². The minimum Gasteiger partial charge on any atom is -0.333 e. The molecule has 1 atom stereocenters. The van der Waals surface area contributed by atoms with E-state index >= 15 is 0 Å². The highest BCUT2D eigenvalue weighted by molar-refractivity contribution is 5.89. The highest BCUT2D eigenvalue weighted by Gasteiger charge is 2.35. The van der Waals surface area contributed by atoms with Gasteiger partial charge in [0.15, 0.2) is 0 Å². The minimum atomic E-state index is -0.680. The van der Waals surface area contributed by atoms with Crippen LogP contribution in [0.1, 0.15) is 43.6 Å². The van der Waals surface area contributed by atoms with Crippen LogP contribution in [0.2, 0.25) is 0 Å². The summed E-state index contributed by atoms with van der Waals surface area (Å²) in [6, 6.07) is 15.9. The average molecular weight is 418 g/mol. The van der Waals surface area contributed by atoms with Crippen molar-refractivity contribution in [2.24, 2.45) is 0 Å². The number of likely N-dealkylation sites (tertiary alicyclic amines) is 1. The lowest BCUT2D eigenvalue weighted by molar-refractivity contribution is -0.148. The van der Waals surface area contributed by atoms with Crippen LogP contribution in [0.25, 0.3) is 10.9 Å². The van der Waals surface area contributed by atoms with Gasteiger partial charge in [0.2, 0.25) is 11.8 Å². The Labute approximate surface area is 180 Å². The molecule has 1 N–H and O–H groups in total. The standard InChI is InChI=1S/C24H26N4O3/c1-2-27(16-20-25-19-13-7-6-12-18(19)23(30)26-20)24(31)22(17-10-4-3-5-11-17)28-15-9-8-14-21(28)29/h3-7,10-13,22H,2,8-9,14-16H2,1H3,(H,25,26,30). The van der Waals surface area contributed by atoms with E-state index in [2.05, 4.69) is 9.97 Å². The molecule has 0 spiro atoms. The number of fused-ring (bicyclic) bond motifs is 1. The second kappa shape index (κ2) is 9.12. The van der Waals surface area contributed by atoms with Gasteiger partial charge in [-0.25, -0.2) is 4.98 Å². The number of rotatable bonds is 6. The number of nitrogens with zero attached hydrogens (tertiary/aromatic N) is 3. The smallest absolute Gasteiger partial charge is 0.258 e. The van der Waals surface area contributed by atoms with E-state index in [0.29, 0.717) is 36.2 Å². The van der Waals surface area contributed by atoms with Gasteiger partial charge in [0.1, 0.15) is 11.9 Å². The number of aromatic amines is 1. The Morgan fingerprint density at radius 1 is 1.10 bits per heavy atom. The third-order valence-corrected chi connectivity index (χ3v) is 5.72. The van der Waals surface area contributed by atoms with Crippen molar-refractivity contribution >= 4 is 22.7 Å². The summed E-state index contributed by atoms with van der Waals surface area (Å²) >= 11 is 0. The fourth-order valence-corrected chi connectivity index (χ4v) is 4.10. The van der Waals surface area contributed by atoms with Crippen LogP contribution in [0, 0.1) is 0 Å². The monoisotopic (exact) mass is 418 g/mol. The summed E-state index contributed by atoms with van der Waals surface area (Å²) in [7, 11) is 0. The number of carbonyl (C=O) groups excluding carboxylic acids is 2. The van der Waals surface area contributed by atoms with E-state index in [4.69, 9.17) is 0 Å². The number of aromatic nitrogens is 2. The second-order valence-electron chi connectivity index (χ2n) is 7.74. The first kappa shape index (κ1) is 20.8. The summed E-state index contributed by atoms with van der Waals surface area (Å²) in [5.74, 6) is 0.261. The molecule has 4 rings (SSSR count). The number of hydrogen-bond donors (Lipinski definition) is 1. The number of likely N-dealkylation sites (N-methyl/N-ethyl adjacent to an activating group) is 1. The third kappa shape index (κ3) is 4.35. The number of carbonyl (C=O) groups is 2. The lowest BCUT2D eigenvalue weighted by Gasteiger charge is -2.36. The predicted molar refractivity (Wildman–Crippen MR) is 118 cm³/mol. The zero-order valence-corrected chi connectivity index (χ0v) is 17.6. The molecule has 1 aliphatic rings. The van der Waals surface area contributed by atoms with E-state index in [1.54, 1.807) is 28.0 Å². The van der Waals surface area contributed by atoms with Crippen LogP contribution in [0.15, 0.2) is 59.4 Å². The molecular weight excluding hydrogens is 392 g/mol. The molecule has 0 radical (unpaired) electrons. The second-order valence-corrected chi connectivity index (χ2v) is 7.74. The molecule has 1 fully saturated rings. The molecule has 7 nitrogen and oxygen atoms in total. The maximum atomic E-state index is 13.7. The zero-order chi connectivity index (χ0) is 21.8. The summed E-state index contributed by atoms with van der Waals surface area (Å²) in [6.45, 7) is 3.05. The van der Waals surface area contributed by atoms with E-state index in [-0.39, 0.29) is 23.9 Å². The molecule has 7 heteroatoms. The molecule has 3 aromatic rings. The van der Waals surface area contributed by atoms with E-state index in [1.165, 1.54) is 0 Å². The van der Waals surface area contributed by atoms with Crippen molar-refractivity contribution in [3.05, 3.63) is 76.3 Å². The Bertz CT molecular complexity index is 1140. The van der Waals surface area contributed by atoms with Crippen LogP contribution in [-0.2, 0) is 16.1 Å². The van der Waals surface area contributed by atoms with Crippen molar-refractivity contribution in [1.29, 1.82) is 0 Å². The highest BCUT2D eigenvalue weighted by Crippen LogP contribution is 2.28. The first-order valence-corrected chi connectivity index (χ1v) is 10.7. The van der Waals surface area contributed by atoms with Gasteiger partial charge in [-0.2, -0.15) is 0 Å². The van der Waals surface area contributed by atoms with Gasteiger partial charge in [0, 0.05) is 19.5 Å². The van der Waals surface area contributed by atoms with Gasteiger partial charge in [0.05, 0.1) is 17.4 Å². The summed E-state index contributed by atoms with van der Waals surface area (Å²) in [5, 5.41) is 0.515. The Balaban J connectivity index is 1.66. The normalized spacial score (nSPS) is 15.1. The third-order valence-electron chi connectivity index (χ3n) is 5.72. The molecule has 160 valence electrons. The summed E-state index contributed by atoms with van der Waals surface area (Å²) in [5.41, 5.74) is 1.16. The van der Waals surface area contributed by atoms with Crippen LogP contribution < -0.4 is 5.56 Å². The molecule has 2 heterocycles. The van der Waals surface area contributed by atoms with Gasteiger partial charge in [-0.15, -0.1) is 0 Å². The number of nitrogens with one attached hydrogen (secondary N) is 1. The SMILES string of the molecule is CCN(Cc1nc2ccccc2c(=O)[nH]1)C(=O)C(c1ccccc1)N1CCCCC1=O. The van der Waals surface area contributed by atoms with Gasteiger partial charge in [-0.3, -0.25) is 14.4 Å². The quantitative estimate of drug-likeness (QED) is 0.667. The Kier molecular flexibility index (Phi) is 6.11. The molecule has 1 aromatic heterocycles. The summed E-state index contributed by atoms with van der Waals surface area (Å²) < 4.78 is 0. The van der Waals surface area contributed by atoms with Crippen molar-refractivity contribution in [2.45, 2.75) is 38.8 Å². The van der Waals surface area contributed by atoms with Crippen molar-refractivity contribution in [3.8, 4) is 0 Å². The van der Waals surface area contributed by atoms with Crippen LogP contribution in [-0.4, -0.2) is 44.7 Å². The lowest BCUT2D eigenvalue weighted by atomic mass is 10.00. The summed E-state index contributed by atoms with van der Waals surface area (Å²) in [6.07, 6.45) is 2.20. The van der Waals surface area contributed by atoms with Crippen LogP contribution in [0.4, 0.5) is 0 Å². The number of H-pyrrole nitrogens is 1. The first-order valence-electron chi connectivity index (χ1n) is 10.7. The van der Waals surface area contributed by atoms with Gasteiger partial charge in [-0.05, 0) is 37.5 Å². The maximum Gasteiger partial charge on any atom is 0.258 e. The first-order chi connectivity index (χ1) is 15.1. The number of piperidine rings is 1. The van der Waals surface area contributed by atoms with Gasteiger partial charge >= 0.3 is 0 Å². The largest absolute Gasteiger partial charge is 0.333 e. The molecule has 1 saturated heterocycles. The Morgan fingerprint density at radius 2 is 1.84 bits per heavy atom. The van der Waals surface area contributed by atoms with Crippen LogP contribution in [0.3, 0.4) is 0 Å². The van der Waals surface area contributed by atoms with Crippen LogP contribution in [0.5, 0.6) is 0 Å². The average Bonchev–Trinajstić information content (AvgIpc) is 2.79. The number of benzene rings is 2. The molecule has 2 aromatic carbocycles. The molecular formula is C24H26N4O3. The highest BCUT2D eigenvalue weighted by atomic mass is 16.2. The van der Waals surface area contributed by atoms with E-state index in [1.807, 2.05) is 43.3 Å². The summed E-state index contributed by atoms with van der Waals surface area (Å²) in [4.78, 5) is 49.5. The van der Waals surface area contributed by atoms with Crippen molar-refractivity contribution in [1.82, 2.24) is 19.8 Å². The lowest BCUT2D eigenvalue weighted by Crippen LogP contribution is -2.47. The fourth-order valence-electron chi connectivity index (χ4n) is 4.10. The molecule has 31 heavy (non-hydrogen) atoms. The predicted octanol–water partition coefficient (Wildman–Crippen LogP) is 3.03. The van der Waals surface area contributed by atoms with E-state index in [9.17, 15) is 14.4 Å². The Morgan fingerprint density at radius 3 is 2.58 bits per heavy atom. The molecule has 1 aliphatic heterocycles. The van der Waals surface area contributed by atoms with Crippen molar-refractivity contribution in [2.75, 3.05) is 13.1 Å². The topological polar surface area (TPSA) is 86.4 Å². The number of para-hydroxylation sites is 1. The van der Waals surface area contributed by atoms with Crippen molar-refractivity contribution < 1.29 is 9.59 Å². The molecule has 0 bridgehead atoms. The van der Waals surface area contributed by atoms with Crippen molar-refractivity contribution in [3.63, 3.8) is 0 Å². The van der Waals surface area contributed by atoms with E-state index in [0.717, 1.165) is 18.4 Å². The number of hydrogen-bond acceptors (Lipinski definition) is 4.